The predicted octanol–water partition coefficient (Wildman–Crippen LogP) is 2.95. The van der Waals surface area contributed by atoms with Crippen LogP contribution in [0.3, 0.4) is 0 Å². The summed E-state index contributed by atoms with van der Waals surface area (Å²) in [7, 11) is 5.38. The number of imidazole rings is 1. The Bertz CT molecular complexity index is 1140. The lowest BCUT2D eigenvalue weighted by atomic mass is 10.2. The number of thiophene rings is 1. The maximum absolute atomic E-state index is 12.3. The van der Waals surface area contributed by atoms with E-state index in [1.165, 1.54) is 11.3 Å². The first-order chi connectivity index (χ1) is 12.9. The normalized spacial score (nSPS) is 11.1. The number of rotatable bonds is 4. The van der Waals surface area contributed by atoms with E-state index in [-0.39, 0.29) is 5.91 Å². The van der Waals surface area contributed by atoms with Gasteiger partial charge in [0.05, 0.1) is 28.0 Å². The standard InChI is InChI=1S/C18H19N7OS/c1-11-7-14(27-15(11)18(26)23(2)3)22-16-17-20-9-13(25(17)6-5-19-16)12-8-21-24(4)10-12/h5-10H,1-4H3,(H,19,22). The van der Waals surface area contributed by atoms with E-state index in [0.717, 1.165) is 21.8 Å². The van der Waals surface area contributed by atoms with E-state index in [1.54, 1.807) is 42.3 Å². The van der Waals surface area contributed by atoms with Crippen LogP contribution in [0.2, 0.25) is 0 Å². The van der Waals surface area contributed by atoms with Crippen LogP contribution in [0.1, 0.15) is 15.2 Å². The first-order valence-corrected chi connectivity index (χ1v) is 9.16. The van der Waals surface area contributed by atoms with Gasteiger partial charge in [-0.2, -0.15) is 5.10 Å². The molecule has 0 aliphatic carbocycles. The zero-order valence-electron chi connectivity index (χ0n) is 15.5. The van der Waals surface area contributed by atoms with Gasteiger partial charge in [0.2, 0.25) is 0 Å². The Morgan fingerprint density at radius 2 is 2.07 bits per heavy atom. The van der Waals surface area contributed by atoms with Crippen LogP contribution in [0.5, 0.6) is 0 Å². The van der Waals surface area contributed by atoms with E-state index >= 15 is 0 Å². The van der Waals surface area contributed by atoms with Gasteiger partial charge in [-0.1, -0.05) is 0 Å². The topological polar surface area (TPSA) is 80.3 Å². The lowest BCUT2D eigenvalue weighted by Gasteiger charge is -2.08. The van der Waals surface area contributed by atoms with Gasteiger partial charge >= 0.3 is 0 Å². The summed E-state index contributed by atoms with van der Waals surface area (Å²) in [5.41, 5.74) is 3.57. The fraction of sp³-hybridized carbons (Fsp3) is 0.222. The van der Waals surface area contributed by atoms with E-state index in [0.29, 0.717) is 16.3 Å². The first-order valence-electron chi connectivity index (χ1n) is 8.34. The van der Waals surface area contributed by atoms with E-state index in [2.05, 4.69) is 20.4 Å². The lowest BCUT2D eigenvalue weighted by molar-refractivity contribution is 0.0831. The van der Waals surface area contributed by atoms with Crippen molar-refractivity contribution in [2.24, 2.45) is 7.05 Å². The molecule has 4 aromatic heterocycles. The molecule has 1 amide bonds. The highest BCUT2D eigenvalue weighted by molar-refractivity contribution is 7.18. The number of carbonyl (C=O) groups is 1. The fourth-order valence-corrected chi connectivity index (χ4v) is 3.94. The summed E-state index contributed by atoms with van der Waals surface area (Å²) >= 11 is 1.41. The molecule has 0 aromatic carbocycles. The Morgan fingerprint density at radius 3 is 2.78 bits per heavy atom. The number of carbonyl (C=O) groups excluding carboxylic acids is 1. The molecule has 0 radical (unpaired) electrons. The highest BCUT2D eigenvalue weighted by atomic mass is 32.1. The summed E-state index contributed by atoms with van der Waals surface area (Å²) in [6.45, 7) is 1.93. The van der Waals surface area contributed by atoms with Gasteiger partial charge < -0.3 is 10.2 Å². The van der Waals surface area contributed by atoms with Crippen LogP contribution in [-0.4, -0.2) is 49.1 Å². The number of aryl methyl sites for hydroxylation is 2. The van der Waals surface area contributed by atoms with Crippen LogP contribution in [0.25, 0.3) is 16.9 Å². The van der Waals surface area contributed by atoms with Gasteiger partial charge in [-0.05, 0) is 18.6 Å². The molecule has 4 rings (SSSR count). The van der Waals surface area contributed by atoms with Crippen molar-refractivity contribution in [3.05, 3.63) is 47.5 Å². The van der Waals surface area contributed by atoms with Gasteiger partial charge in [-0.15, -0.1) is 11.3 Å². The molecule has 0 unspecified atom stereocenters. The van der Waals surface area contributed by atoms with Crippen molar-refractivity contribution in [1.29, 1.82) is 0 Å². The molecule has 0 atom stereocenters. The number of nitrogens with zero attached hydrogens (tertiary/aromatic N) is 6. The van der Waals surface area contributed by atoms with E-state index in [4.69, 9.17) is 0 Å². The Kier molecular flexibility index (Phi) is 4.15. The number of anilines is 2. The van der Waals surface area contributed by atoms with Crippen molar-refractivity contribution in [3.8, 4) is 11.3 Å². The second kappa shape index (κ2) is 6.51. The molecule has 0 bridgehead atoms. The minimum absolute atomic E-state index is 0.00334. The molecule has 9 heteroatoms. The lowest BCUT2D eigenvalue weighted by Crippen LogP contribution is -2.21. The van der Waals surface area contributed by atoms with Gasteiger partial charge in [0.25, 0.3) is 5.91 Å². The van der Waals surface area contributed by atoms with Crippen molar-refractivity contribution < 1.29 is 4.79 Å². The molecule has 138 valence electrons. The highest BCUT2D eigenvalue weighted by Gasteiger charge is 2.17. The van der Waals surface area contributed by atoms with Crippen molar-refractivity contribution in [2.75, 3.05) is 19.4 Å². The van der Waals surface area contributed by atoms with Gasteiger partial charge in [0.15, 0.2) is 11.5 Å². The molecule has 0 aliphatic rings. The molecule has 1 N–H and O–H groups in total. The van der Waals surface area contributed by atoms with Crippen molar-refractivity contribution in [2.45, 2.75) is 6.92 Å². The molecular formula is C18H19N7OS. The number of amides is 1. The number of aromatic nitrogens is 5. The highest BCUT2D eigenvalue weighted by Crippen LogP contribution is 2.31. The van der Waals surface area contributed by atoms with Crippen LogP contribution in [0.4, 0.5) is 10.8 Å². The summed E-state index contributed by atoms with van der Waals surface area (Å²) in [6, 6.07) is 1.96. The zero-order valence-corrected chi connectivity index (χ0v) is 16.3. The van der Waals surface area contributed by atoms with Crippen LogP contribution in [-0.2, 0) is 7.05 Å². The molecule has 0 aliphatic heterocycles. The third-order valence-corrected chi connectivity index (χ3v) is 5.33. The molecule has 4 heterocycles. The molecule has 0 fully saturated rings. The van der Waals surface area contributed by atoms with E-state index in [9.17, 15) is 4.79 Å². The van der Waals surface area contributed by atoms with E-state index in [1.807, 2.05) is 36.8 Å². The van der Waals surface area contributed by atoms with Gasteiger partial charge in [0, 0.05) is 45.3 Å². The molecule has 0 saturated heterocycles. The monoisotopic (exact) mass is 381 g/mol. The SMILES string of the molecule is Cc1cc(Nc2nccn3c(-c4cnn(C)c4)cnc23)sc1C(=O)N(C)C. The molecule has 0 saturated carbocycles. The van der Waals surface area contributed by atoms with Gasteiger partial charge in [-0.3, -0.25) is 13.9 Å². The molecule has 27 heavy (non-hydrogen) atoms. The average molecular weight is 381 g/mol. The Labute approximate surface area is 160 Å². The quantitative estimate of drug-likeness (QED) is 0.588. The third-order valence-electron chi connectivity index (χ3n) is 4.19. The number of hydrogen-bond acceptors (Lipinski definition) is 6. The summed E-state index contributed by atoms with van der Waals surface area (Å²) in [5, 5.41) is 8.38. The van der Waals surface area contributed by atoms with Crippen molar-refractivity contribution in [3.63, 3.8) is 0 Å². The largest absolute Gasteiger partial charge is 0.344 e. The number of fused-ring (bicyclic) bond motifs is 1. The second-order valence-electron chi connectivity index (χ2n) is 6.46. The van der Waals surface area contributed by atoms with Gasteiger partial charge in [0.1, 0.15) is 0 Å². The number of hydrogen-bond donors (Lipinski definition) is 1. The zero-order chi connectivity index (χ0) is 19.1. The Balaban J connectivity index is 1.70. The Morgan fingerprint density at radius 1 is 1.26 bits per heavy atom. The molecule has 8 nitrogen and oxygen atoms in total. The van der Waals surface area contributed by atoms with Crippen LogP contribution < -0.4 is 5.32 Å². The van der Waals surface area contributed by atoms with Gasteiger partial charge in [-0.25, -0.2) is 9.97 Å². The summed E-state index contributed by atoms with van der Waals surface area (Å²) in [6.07, 6.45) is 9.15. The maximum Gasteiger partial charge on any atom is 0.263 e. The minimum Gasteiger partial charge on any atom is -0.344 e. The van der Waals surface area contributed by atoms with Crippen LogP contribution in [0, 0.1) is 6.92 Å². The minimum atomic E-state index is -0.00334. The fourth-order valence-electron chi connectivity index (χ4n) is 2.85. The average Bonchev–Trinajstić information content (AvgIpc) is 3.33. The smallest absolute Gasteiger partial charge is 0.263 e. The first kappa shape index (κ1) is 17.2. The predicted molar refractivity (Wildman–Crippen MR) is 106 cm³/mol. The Hall–Kier alpha value is -3.20. The van der Waals surface area contributed by atoms with Crippen LogP contribution in [0.15, 0.2) is 37.1 Å². The summed E-state index contributed by atoms with van der Waals surface area (Å²) in [4.78, 5) is 23.5. The summed E-state index contributed by atoms with van der Waals surface area (Å²) in [5.74, 6) is 0.633. The van der Waals surface area contributed by atoms with Crippen molar-refractivity contribution in [1.82, 2.24) is 29.0 Å². The maximum atomic E-state index is 12.3. The number of nitrogens with one attached hydrogen (secondary N) is 1. The van der Waals surface area contributed by atoms with E-state index < -0.39 is 0 Å². The molecular weight excluding hydrogens is 362 g/mol. The van der Waals surface area contributed by atoms with Crippen molar-refractivity contribution >= 4 is 33.7 Å². The second-order valence-corrected chi connectivity index (χ2v) is 7.52. The third kappa shape index (κ3) is 3.06. The molecule has 4 aromatic rings. The molecule has 0 spiro atoms. The van der Waals surface area contributed by atoms with Crippen LogP contribution >= 0.6 is 11.3 Å². The summed E-state index contributed by atoms with van der Waals surface area (Å²) < 4.78 is 3.73.